The van der Waals surface area contributed by atoms with E-state index in [-0.39, 0.29) is 40.9 Å². The Hall–Kier alpha value is -4.37. The second-order valence-corrected chi connectivity index (χ2v) is 13.0. The van der Waals surface area contributed by atoms with Crippen LogP contribution in [0, 0.1) is 11.2 Å². The van der Waals surface area contributed by atoms with Gasteiger partial charge in [0.05, 0.1) is 49.1 Å². The van der Waals surface area contributed by atoms with E-state index in [2.05, 4.69) is 36.7 Å². The predicted octanol–water partition coefficient (Wildman–Crippen LogP) is 5.57. The van der Waals surface area contributed by atoms with Crippen LogP contribution in [0.3, 0.4) is 0 Å². The fraction of sp³-hybridized carbons (Fsp3) is 0.500. The number of aromatic nitrogens is 5. The zero-order valence-corrected chi connectivity index (χ0v) is 28.0. The first-order chi connectivity index (χ1) is 23.4. The molecule has 1 aliphatic carbocycles. The summed E-state index contributed by atoms with van der Waals surface area (Å²) in [5.41, 5.74) is 0.935. The number of hydrogen-bond donors (Lipinski definition) is 1. The normalized spacial score (nSPS) is 18.0. The van der Waals surface area contributed by atoms with E-state index in [0.717, 1.165) is 31.4 Å². The number of benzene rings is 1. The maximum Gasteiger partial charge on any atom is 0.419 e. The molecule has 2 fully saturated rings. The van der Waals surface area contributed by atoms with Crippen LogP contribution in [-0.2, 0) is 20.4 Å². The van der Waals surface area contributed by atoms with E-state index in [1.165, 1.54) is 6.07 Å². The molecule has 6 rings (SSSR count). The topological polar surface area (TPSA) is 113 Å². The minimum Gasteiger partial charge on any atom is -0.465 e. The van der Waals surface area contributed by atoms with Crippen LogP contribution >= 0.6 is 0 Å². The van der Waals surface area contributed by atoms with E-state index >= 15 is 0 Å². The summed E-state index contributed by atoms with van der Waals surface area (Å²) in [5.74, 6) is -0.510. The minimum absolute atomic E-state index is 0.0514. The van der Waals surface area contributed by atoms with Crippen LogP contribution in [-0.4, -0.2) is 102 Å². The number of carbonyl (C=O) groups excluding carboxylic acids is 1. The third kappa shape index (κ3) is 7.32. The van der Waals surface area contributed by atoms with Crippen molar-refractivity contribution in [3.05, 3.63) is 48.0 Å². The molecular formula is C34H40F4N8O3. The molecule has 1 atom stereocenters. The molecule has 4 heterocycles. The molecule has 1 N–H and O–H groups in total. The first-order valence-electron chi connectivity index (χ1n) is 16.3. The van der Waals surface area contributed by atoms with Gasteiger partial charge in [0.1, 0.15) is 22.8 Å². The van der Waals surface area contributed by atoms with Gasteiger partial charge in [0.15, 0.2) is 11.5 Å². The Bertz CT molecular complexity index is 1790. The molecule has 15 heteroatoms. The number of rotatable bonds is 11. The van der Waals surface area contributed by atoms with E-state index < -0.39 is 17.6 Å². The van der Waals surface area contributed by atoms with E-state index in [9.17, 15) is 22.4 Å². The predicted molar refractivity (Wildman–Crippen MR) is 177 cm³/mol. The van der Waals surface area contributed by atoms with Crippen molar-refractivity contribution in [2.24, 2.45) is 5.41 Å². The summed E-state index contributed by atoms with van der Waals surface area (Å²) in [6.07, 6.45) is 1.51. The van der Waals surface area contributed by atoms with Crippen molar-refractivity contribution < 1.29 is 31.8 Å². The van der Waals surface area contributed by atoms with Crippen molar-refractivity contribution in [1.82, 2.24) is 29.8 Å². The molecule has 3 aromatic heterocycles. The number of aromatic amines is 1. The lowest BCUT2D eigenvalue weighted by Crippen LogP contribution is -2.53. The molecule has 0 spiro atoms. The third-order valence-electron chi connectivity index (χ3n) is 9.40. The summed E-state index contributed by atoms with van der Waals surface area (Å²) in [7, 11) is 3.60. The van der Waals surface area contributed by atoms with Crippen molar-refractivity contribution in [1.29, 1.82) is 0 Å². The van der Waals surface area contributed by atoms with Crippen LogP contribution in [0.25, 0.3) is 33.9 Å². The van der Waals surface area contributed by atoms with Crippen LogP contribution in [0.5, 0.6) is 0 Å². The highest BCUT2D eigenvalue weighted by atomic mass is 19.4. The fourth-order valence-corrected chi connectivity index (χ4v) is 6.86. The highest BCUT2D eigenvalue weighted by Crippen LogP contribution is 2.43. The van der Waals surface area contributed by atoms with Gasteiger partial charge in [-0.3, -0.25) is 9.69 Å². The summed E-state index contributed by atoms with van der Waals surface area (Å²) in [6.45, 7) is 7.67. The number of fused-ring (bicyclic) bond motifs is 1. The molecule has 0 radical (unpaired) electrons. The van der Waals surface area contributed by atoms with Gasteiger partial charge in [0.25, 0.3) is 0 Å². The van der Waals surface area contributed by atoms with Gasteiger partial charge in [-0.2, -0.15) is 13.2 Å². The van der Waals surface area contributed by atoms with Crippen LogP contribution in [0.2, 0.25) is 0 Å². The van der Waals surface area contributed by atoms with Crippen LogP contribution in [0.1, 0.15) is 38.7 Å². The molecule has 1 saturated heterocycles. The van der Waals surface area contributed by atoms with Crippen molar-refractivity contribution in [2.45, 2.75) is 45.3 Å². The summed E-state index contributed by atoms with van der Waals surface area (Å²) < 4.78 is 65.7. The molecule has 1 aliphatic heterocycles. The van der Waals surface area contributed by atoms with Gasteiger partial charge in [-0.1, -0.05) is 6.42 Å². The quantitative estimate of drug-likeness (QED) is 0.159. The third-order valence-corrected chi connectivity index (χ3v) is 9.40. The number of anilines is 2. The van der Waals surface area contributed by atoms with Crippen molar-refractivity contribution in [2.75, 3.05) is 69.9 Å². The largest absolute Gasteiger partial charge is 0.465 e. The van der Waals surface area contributed by atoms with Gasteiger partial charge in [0, 0.05) is 57.4 Å². The number of halogens is 4. The SMILES string of the molecule is CCOC(=O)CN1CCN(c2cnc(-c3nc4nc(-c5ccc(F)c(C(F)(F)F)c5)cc(N(C)CC5(COC)CCC5)c4[nH]3)cn2)[C@H](C)C1. The molecule has 49 heavy (non-hydrogen) atoms. The van der Waals surface area contributed by atoms with Crippen LogP contribution in [0.15, 0.2) is 36.7 Å². The highest BCUT2D eigenvalue weighted by molar-refractivity contribution is 5.91. The highest BCUT2D eigenvalue weighted by Gasteiger charge is 2.39. The summed E-state index contributed by atoms with van der Waals surface area (Å²) in [6, 6.07) is 4.66. The fourth-order valence-electron chi connectivity index (χ4n) is 6.86. The number of methoxy groups -OCH3 is 1. The van der Waals surface area contributed by atoms with Gasteiger partial charge in [-0.15, -0.1) is 0 Å². The average molecular weight is 685 g/mol. The number of hydrogen-bond acceptors (Lipinski definition) is 10. The second kappa shape index (κ2) is 13.9. The molecule has 1 saturated carbocycles. The lowest BCUT2D eigenvalue weighted by atomic mass is 9.69. The Balaban J connectivity index is 1.31. The zero-order chi connectivity index (χ0) is 34.9. The first-order valence-corrected chi connectivity index (χ1v) is 16.3. The monoisotopic (exact) mass is 684 g/mol. The Morgan fingerprint density at radius 3 is 2.55 bits per heavy atom. The molecule has 0 unspecified atom stereocenters. The van der Waals surface area contributed by atoms with Crippen molar-refractivity contribution in [3.8, 4) is 22.8 Å². The molecular weight excluding hydrogens is 644 g/mol. The van der Waals surface area contributed by atoms with Crippen molar-refractivity contribution in [3.63, 3.8) is 0 Å². The number of nitrogens with zero attached hydrogens (tertiary/aromatic N) is 7. The number of imidazole rings is 1. The number of ether oxygens (including phenoxy) is 2. The average Bonchev–Trinajstić information content (AvgIpc) is 3.48. The van der Waals surface area contributed by atoms with Gasteiger partial charge < -0.3 is 24.3 Å². The van der Waals surface area contributed by atoms with Gasteiger partial charge in [-0.25, -0.2) is 24.3 Å². The zero-order valence-electron chi connectivity index (χ0n) is 28.0. The number of H-pyrrole nitrogens is 1. The maximum absolute atomic E-state index is 14.2. The molecule has 262 valence electrons. The second-order valence-electron chi connectivity index (χ2n) is 13.0. The van der Waals surface area contributed by atoms with Crippen molar-refractivity contribution >= 4 is 28.6 Å². The number of pyridine rings is 1. The van der Waals surface area contributed by atoms with Crippen LogP contribution < -0.4 is 9.80 Å². The van der Waals surface area contributed by atoms with E-state index in [4.69, 9.17) is 14.5 Å². The summed E-state index contributed by atoms with van der Waals surface area (Å²) in [4.78, 5) is 40.1. The summed E-state index contributed by atoms with van der Waals surface area (Å²) in [5, 5.41) is 0. The lowest BCUT2D eigenvalue weighted by Gasteiger charge is -2.44. The van der Waals surface area contributed by atoms with E-state index in [1.54, 1.807) is 32.5 Å². The molecule has 4 aromatic rings. The van der Waals surface area contributed by atoms with Gasteiger partial charge >= 0.3 is 12.1 Å². The maximum atomic E-state index is 14.2. The molecule has 1 aromatic carbocycles. The molecule has 2 aliphatic rings. The lowest BCUT2D eigenvalue weighted by molar-refractivity contribution is -0.144. The Morgan fingerprint density at radius 2 is 1.92 bits per heavy atom. The number of nitrogens with one attached hydrogen (secondary N) is 1. The Morgan fingerprint density at radius 1 is 1.12 bits per heavy atom. The van der Waals surface area contributed by atoms with Gasteiger partial charge in [0.2, 0.25) is 0 Å². The van der Waals surface area contributed by atoms with E-state index in [1.807, 2.05) is 11.9 Å². The number of carbonyl (C=O) groups is 1. The standard InChI is InChI=1S/C34H40F4N8O3/c1-5-49-29(47)18-45-11-12-46(21(2)17-45)28-16-39-26(15-40-28)31-42-30-27(44(3)19-33(20-48-4)9-6-10-33)14-25(41-32(30)43-31)22-7-8-24(35)23(13-22)34(36,37)38/h7-8,13-16,21H,5-6,9-12,17-20H2,1-4H3,(H,41,42,43)/t21-/m1/s1. The Kier molecular flexibility index (Phi) is 9.76. The smallest absolute Gasteiger partial charge is 0.419 e. The minimum atomic E-state index is -4.86. The molecule has 0 bridgehead atoms. The molecule has 0 amide bonds. The Labute approximate surface area is 281 Å². The van der Waals surface area contributed by atoms with Crippen LogP contribution in [0.4, 0.5) is 29.1 Å². The molecule has 11 nitrogen and oxygen atoms in total. The van der Waals surface area contributed by atoms with E-state index in [0.29, 0.717) is 67.9 Å². The first kappa shape index (κ1) is 34.5. The number of piperazine rings is 1. The summed E-state index contributed by atoms with van der Waals surface area (Å²) >= 11 is 0. The number of alkyl halides is 3. The van der Waals surface area contributed by atoms with Gasteiger partial charge in [-0.05, 0) is 51.0 Å². The number of esters is 1.